The maximum Gasteiger partial charge on any atom is 0.238 e. The molecule has 0 aliphatic carbocycles. The summed E-state index contributed by atoms with van der Waals surface area (Å²) in [5, 5.41) is 2.96. The van der Waals surface area contributed by atoms with Crippen molar-refractivity contribution in [3.63, 3.8) is 0 Å². The van der Waals surface area contributed by atoms with Crippen molar-refractivity contribution in [2.75, 3.05) is 44.7 Å². The largest absolute Gasteiger partial charge is 0.491 e. The van der Waals surface area contributed by atoms with Gasteiger partial charge in [-0.25, -0.2) is 0 Å². The van der Waals surface area contributed by atoms with Crippen LogP contribution in [0.25, 0.3) is 0 Å². The zero-order valence-electron chi connectivity index (χ0n) is 19.4. The van der Waals surface area contributed by atoms with Gasteiger partial charge in [0.15, 0.2) is 11.5 Å². The fourth-order valence-corrected chi connectivity index (χ4v) is 4.16. The molecule has 4 rings (SSSR count). The molecule has 0 radical (unpaired) electrons. The number of hydrogen-bond acceptors (Lipinski definition) is 6. The average molecular weight is 454 g/mol. The summed E-state index contributed by atoms with van der Waals surface area (Å²) in [5.41, 5.74) is 1.71. The fraction of sp³-hybridized carbons (Fsp3) is 0.440. The Morgan fingerprint density at radius 2 is 1.79 bits per heavy atom. The first-order valence-corrected chi connectivity index (χ1v) is 11.3. The van der Waals surface area contributed by atoms with E-state index in [0.717, 1.165) is 11.3 Å². The Bertz CT molecular complexity index is 992. The van der Waals surface area contributed by atoms with Gasteiger partial charge in [0, 0.05) is 38.3 Å². The Hall–Kier alpha value is -3.26. The van der Waals surface area contributed by atoms with E-state index < -0.39 is 0 Å². The van der Waals surface area contributed by atoms with Crippen molar-refractivity contribution in [2.45, 2.75) is 32.9 Å². The number of ether oxygens (including phenoxy) is 3. The monoisotopic (exact) mass is 453 g/mol. The molecule has 2 aliphatic heterocycles. The third-order valence-corrected chi connectivity index (χ3v) is 5.75. The molecule has 176 valence electrons. The molecular formula is C25H31N3O5. The Kier molecular flexibility index (Phi) is 7.03. The number of carbonyl (C=O) groups is 2. The topological polar surface area (TPSA) is 80.3 Å². The SMILES string of the molecule is CC(=O)N1CCN(CC(=O)Nc2ccc3c(c2)OCCO3)C(c2ccc(OC(C)C)cc2)C1. The molecule has 2 amide bonds. The first-order chi connectivity index (χ1) is 15.9. The van der Waals surface area contributed by atoms with Gasteiger partial charge in [-0.2, -0.15) is 0 Å². The third-order valence-electron chi connectivity index (χ3n) is 5.75. The van der Waals surface area contributed by atoms with E-state index in [0.29, 0.717) is 50.0 Å². The van der Waals surface area contributed by atoms with E-state index in [4.69, 9.17) is 14.2 Å². The molecule has 1 unspecified atom stereocenters. The molecule has 1 saturated heterocycles. The highest BCUT2D eigenvalue weighted by Crippen LogP contribution is 2.33. The van der Waals surface area contributed by atoms with Gasteiger partial charge in [-0.05, 0) is 43.7 Å². The van der Waals surface area contributed by atoms with Gasteiger partial charge < -0.3 is 24.4 Å². The summed E-state index contributed by atoms with van der Waals surface area (Å²) in [6, 6.07) is 13.2. The molecule has 0 aromatic heterocycles. The predicted molar refractivity (Wildman–Crippen MR) is 125 cm³/mol. The number of rotatable bonds is 6. The van der Waals surface area contributed by atoms with Crippen molar-refractivity contribution >= 4 is 17.5 Å². The molecule has 8 nitrogen and oxygen atoms in total. The van der Waals surface area contributed by atoms with Gasteiger partial charge in [0.2, 0.25) is 11.8 Å². The number of benzene rings is 2. The summed E-state index contributed by atoms with van der Waals surface area (Å²) >= 11 is 0. The van der Waals surface area contributed by atoms with Gasteiger partial charge in [0.1, 0.15) is 19.0 Å². The lowest BCUT2D eigenvalue weighted by atomic mass is 10.0. The van der Waals surface area contributed by atoms with Crippen molar-refractivity contribution in [3.05, 3.63) is 48.0 Å². The summed E-state index contributed by atoms with van der Waals surface area (Å²) in [6.07, 6.45) is 0.0967. The Balaban J connectivity index is 1.46. The number of carbonyl (C=O) groups excluding carboxylic acids is 2. The lowest BCUT2D eigenvalue weighted by molar-refractivity contribution is -0.132. The van der Waals surface area contributed by atoms with Crippen LogP contribution in [-0.4, -0.2) is 67.1 Å². The summed E-state index contributed by atoms with van der Waals surface area (Å²) in [7, 11) is 0. The maximum atomic E-state index is 12.9. The normalized spacial score (nSPS) is 18.2. The molecule has 2 aliphatic rings. The number of piperazine rings is 1. The molecule has 0 spiro atoms. The van der Waals surface area contributed by atoms with Crippen molar-refractivity contribution in [3.8, 4) is 17.2 Å². The summed E-state index contributed by atoms with van der Waals surface area (Å²) in [4.78, 5) is 28.9. The average Bonchev–Trinajstić information content (AvgIpc) is 2.79. The summed E-state index contributed by atoms with van der Waals surface area (Å²) in [6.45, 7) is 8.54. The second kappa shape index (κ2) is 10.1. The number of amides is 2. The van der Waals surface area contributed by atoms with Crippen molar-refractivity contribution < 1.29 is 23.8 Å². The van der Waals surface area contributed by atoms with Crippen LogP contribution in [-0.2, 0) is 9.59 Å². The van der Waals surface area contributed by atoms with Crippen LogP contribution in [0.3, 0.4) is 0 Å². The van der Waals surface area contributed by atoms with Crippen molar-refractivity contribution in [1.82, 2.24) is 9.80 Å². The predicted octanol–water partition coefficient (Wildman–Crippen LogP) is 3.09. The van der Waals surface area contributed by atoms with E-state index >= 15 is 0 Å². The molecule has 2 aromatic rings. The first-order valence-electron chi connectivity index (χ1n) is 11.3. The zero-order chi connectivity index (χ0) is 23.4. The number of hydrogen-bond donors (Lipinski definition) is 1. The van der Waals surface area contributed by atoms with Gasteiger partial charge in [-0.15, -0.1) is 0 Å². The van der Waals surface area contributed by atoms with Crippen molar-refractivity contribution in [2.24, 2.45) is 0 Å². The number of anilines is 1. The highest BCUT2D eigenvalue weighted by atomic mass is 16.6. The van der Waals surface area contributed by atoms with E-state index in [1.54, 1.807) is 19.1 Å². The van der Waals surface area contributed by atoms with Crippen LogP contribution in [0.15, 0.2) is 42.5 Å². The van der Waals surface area contributed by atoms with E-state index in [9.17, 15) is 9.59 Å². The van der Waals surface area contributed by atoms with Crippen LogP contribution >= 0.6 is 0 Å². The van der Waals surface area contributed by atoms with Crippen LogP contribution in [0.1, 0.15) is 32.4 Å². The molecule has 33 heavy (non-hydrogen) atoms. The second-order valence-electron chi connectivity index (χ2n) is 8.59. The molecule has 0 bridgehead atoms. The van der Waals surface area contributed by atoms with Crippen LogP contribution in [0.4, 0.5) is 5.69 Å². The van der Waals surface area contributed by atoms with Gasteiger partial charge in [-0.3, -0.25) is 14.5 Å². The molecule has 1 fully saturated rings. The Morgan fingerprint density at radius 3 is 2.48 bits per heavy atom. The quantitative estimate of drug-likeness (QED) is 0.724. The number of nitrogens with zero attached hydrogens (tertiary/aromatic N) is 2. The Labute approximate surface area is 194 Å². The number of nitrogens with one attached hydrogen (secondary N) is 1. The van der Waals surface area contributed by atoms with Gasteiger partial charge in [0.25, 0.3) is 0 Å². The molecular weight excluding hydrogens is 422 g/mol. The molecule has 8 heteroatoms. The molecule has 1 atom stereocenters. The molecule has 1 N–H and O–H groups in total. The highest BCUT2D eigenvalue weighted by Gasteiger charge is 2.30. The van der Waals surface area contributed by atoms with Crippen LogP contribution in [0, 0.1) is 0 Å². The minimum Gasteiger partial charge on any atom is -0.491 e. The van der Waals surface area contributed by atoms with E-state index in [-0.39, 0.29) is 30.5 Å². The fourth-order valence-electron chi connectivity index (χ4n) is 4.16. The molecule has 2 heterocycles. The third kappa shape index (κ3) is 5.76. The zero-order valence-corrected chi connectivity index (χ0v) is 19.4. The van der Waals surface area contributed by atoms with Gasteiger partial charge in [-0.1, -0.05) is 12.1 Å². The van der Waals surface area contributed by atoms with Crippen LogP contribution < -0.4 is 19.5 Å². The standard InChI is InChI=1S/C25H31N3O5/c1-17(2)33-21-7-4-19(5-8-21)22-15-27(18(3)29)10-11-28(22)16-25(30)26-20-6-9-23-24(14-20)32-13-12-31-23/h4-9,14,17,22H,10-13,15-16H2,1-3H3,(H,26,30). The van der Waals surface area contributed by atoms with E-state index in [1.807, 2.05) is 49.1 Å². The second-order valence-corrected chi connectivity index (χ2v) is 8.59. The molecule has 0 saturated carbocycles. The van der Waals surface area contributed by atoms with Crippen LogP contribution in [0.2, 0.25) is 0 Å². The van der Waals surface area contributed by atoms with E-state index in [1.165, 1.54) is 0 Å². The maximum absolute atomic E-state index is 12.9. The van der Waals surface area contributed by atoms with Gasteiger partial charge >= 0.3 is 0 Å². The lowest BCUT2D eigenvalue weighted by Crippen LogP contribution is -2.51. The van der Waals surface area contributed by atoms with Gasteiger partial charge in [0.05, 0.1) is 18.7 Å². The first kappa shape index (κ1) is 22.9. The lowest BCUT2D eigenvalue weighted by Gasteiger charge is -2.41. The summed E-state index contributed by atoms with van der Waals surface area (Å²) in [5.74, 6) is 2.05. The number of fused-ring (bicyclic) bond motifs is 1. The van der Waals surface area contributed by atoms with Crippen molar-refractivity contribution in [1.29, 1.82) is 0 Å². The highest BCUT2D eigenvalue weighted by molar-refractivity contribution is 5.92. The Morgan fingerprint density at radius 1 is 1.06 bits per heavy atom. The van der Waals surface area contributed by atoms with E-state index in [2.05, 4.69) is 10.2 Å². The minimum absolute atomic E-state index is 0.0418. The van der Waals surface area contributed by atoms with Crippen LogP contribution in [0.5, 0.6) is 17.2 Å². The smallest absolute Gasteiger partial charge is 0.238 e. The minimum atomic E-state index is -0.118. The molecule has 2 aromatic carbocycles. The summed E-state index contributed by atoms with van der Waals surface area (Å²) < 4.78 is 16.9.